The van der Waals surface area contributed by atoms with Crippen LogP contribution >= 0.6 is 11.3 Å². The van der Waals surface area contributed by atoms with Gasteiger partial charge in [-0.1, -0.05) is 12.1 Å². The Balaban J connectivity index is 2.09. The van der Waals surface area contributed by atoms with Crippen LogP contribution in [0.2, 0.25) is 0 Å². The molecule has 1 amide bonds. The first-order valence-electron chi connectivity index (χ1n) is 7.37. The first-order chi connectivity index (χ1) is 11.0. The molecule has 1 aromatic carbocycles. The smallest absolute Gasteiger partial charge is 0.280 e. The molecule has 0 aliphatic heterocycles. The molecule has 0 atom stereocenters. The molecule has 0 unspecified atom stereocenters. The predicted molar refractivity (Wildman–Crippen MR) is 93.6 cm³/mol. The zero-order valence-electron chi connectivity index (χ0n) is 13.1. The Labute approximate surface area is 138 Å². The molecule has 3 rings (SSSR count). The number of aryl methyl sites for hydroxylation is 3. The van der Waals surface area contributed by atoms with Crippen LogP contribution in [0.25, 0.3) is 5.57 Å². The third-order valence-corrected chi connectivity index (χ3v) is 4.89. The summed E-state index contributed by atoms with van der Waals surface area (Å²) in [7, 11) is 0. The van der Waals surface area contributed by atoms with Crippen LogP contribution in [0.1, 0.15) is 43.5 Å². The third kappa shape index (κ3) is 3.03. The van der Waals surface area contributed by atoms with E-state index in [1.807, 2.05) is 26.0 Å². The van der Waals surface area contributed by atoms with Gasteiger partial charge in [0.2, 0.25) is 0 Å². The molecule has 4 N–H and O–H groups in total. The molecule has 0 radical (unpaired) electrons. The zero-order chi connectivity index (χ0) is 16.6. The first kappa shape index (κ1) is 15.4. The highest BCUT2D eigenvalue weighted by atomic mass is 32.1. The molecule has 1 aromatic heterocycles. The highest BCUT2D eigenvalue weighted by molar-refractivity contribution is 7.12. The van der Waals surface area contributed by atoms with Crippen LogP contribution in [0.3, 0.4) is 0 Å². The van der Waals surface area contributed by atoms with Crippen molar-refractivity contribution < 1.29 is 4.79 Å². The van der Waals surface area contributed by atoms with Crippen molar-refractivity contribution in [1.82, 2.24) is 4.98 Å². The van der Waals surface area contributed by atoms with Crippen molar-refractivity contribution in [2.45, 2.75) is 26.7 Å². The molecule has 0 saturated heterocycles. The SMILES string of the molecule is Cc1nc(C)c(C2=CCCc3ccc(C(=O)N=C(N)N)cc32)s1. The molecule has 0 fully saturated rings. The topological polar surface area (TPSA) is 94.4 Å². The van der Waals surface area contributed by atoms with Gasteiger partial charge in [-0.05, 0) is 55.5 Å². The number of fused-ring (bicyclic) bond motifs is 1. The second-order valence-electron chi connectivity index (χ2n) is 5.52. The van der Waals surface area contributed by atoms with Crippen molar-refractivity contribution in [3.05, 3.63) is 56.5 Å². The Morgan fingerprint density at radius 3 is 2.74 bits per heavy atom. The summed E-state index contributed by atoms with van der Waals surface area (Å²) >= 11 is 1.68. The number of carbonyl (C=O) groups excluding carboxylic acids is 1. The van der Waals surface area contributed by atoms with Gasteiger partial charge in [-0.2, -0.15) is 4.99 Å². The Kier molecular flexibility index (Phi) is 4.00. The number of nitrogens with two attached hydrogens (primary N) is 2. The maximum absolute atomic E-state index is 12.1. The van der Waals surface area contributed by atoms with Gasteiger partial charge in [-0.3, -0.25) is 4.79 Å². The van der Waals surface area contributed by atoms with Crippen LogP contribution in [0, 0.1) is 13.8 Å². The summed E-state index contributed by atoms with van der Waals surface area (Å²) < 4.78 is 0. The van der Waals surface area contributed by atoms with E-state index in [0.29, 0.717) is 5.56 Å². The summed E-state index contributed by atoms with van der Waals surface area (Å²) in [6.07, 6.45) is 4.17. The van der Waals surface area contributed by atoms with Crippen molar-refractivity contribution in [3.8, 4) is 0 Å². The molecule has 118 valence electrons. The van der Waals surface area contributed by atoms with Gasteiger partial charge in [-0.25, -0.2) is 4.98 Å². The van der Waals surface area contributed by atoms with Crippen LogP contribution in [-0.4, -0.2) is 16.9 Å². The van der Waals surface area contributed by atoms with Crippen LogP contribution in [0.5, 0.6) is 0 Å². The van der Waals surface area contributed by atoms with Gasteiger partial charge in [0.15, 0.2) is 5.96 Å². The second-order valence-corrected chi connectivity index (χ2v) is 6.72. The number of guanidine groups is 1. The van der Waals surface area contributed by atoms with Crippen molar-refractivity contribution in [1.29, 1.82) is 0 Å². The minimum atomic E-state index is -0.421. The van der Waals surface area contributed by atoms with E-state index in [1.165, 1.54) is 5.56 Å². The van der Waals surface area contributed by atoms with Gasteiger partial charge in [-0.15, -0.1) is 11.3 Å². The molecule has 0 bridgehead atoms. The predicted octanol–water partition coefficient (Wildman–Crippen LogP) is 2.55. The van der Waals surface area contributed by atoms with Crippen LogP contribution in [0.4, 0.5) is 0 Å². The lowest BCUT2D eigenvalue weighted by Crippen LogP contribution is -2.24. The largest absolute Gasteiger partial charge is 0.370 e. The molecule has 1 aliphatic rings. The normalized spacial score (nSPS) is 13.2. The summed E-state index contributed by atoms with van der Waals surface area (Å²) in [6.45, 7) is 4.02. The molecular weight excluding hydrogens is 308 g/mol. The van der Waals surface area contributed by atoms with Gasteiger partial charge in [0.25, 0.3) is 5.91 Å². The monoisotopic (exact) mass is 326 g/mol. The number of amides is 1. The molecule has 23 heavy (non-hydrogen) atoms. The van der Waals surface area contributed by atoms with E-state index >= 15 is 0 Å². The maximum atomic E-state index is 12.1. The third-order valence-electron chi connectivity index (χ3n) is 3.79. The lowest BCUT2D eigenvalue weighted by atomic mass is 9.88. The molecule has 0 saturated carbocycles. The Morgan fingerprint density at radius 1 is 1.30 bits per heavy atom. The fourth-order valence-electron chi connectivity index (χ4n) is 2.84. The Bertz CT molecular complexity index is 844. The Morgan fingerprint density at radius 2 is 2.09 bits per heavy atom. The number of hydrogen-bond acceptors (Lipinski definition) is 3. The molecule has 5 nitrogen and oxygen atoms in total. The maximum Gasteiger partial charge on any atom is 0.280 e. The number of aromatic nitrogens is 1. The quantitative estimate of drug-likeness (QED) is 0.655. The Hall–Kier alpha value is -2.47. The van der Waals surface area contributed by atoms with E-state index in [2.05, 4.69) is 16.1 Å². The number of aliphatic imine (C=N–C) groups is 1. The highest BCUT2D eigenvalue weighted by Gasteiger charge is 2.20. The molecule has 0 spiro atoms. The first-order valence-corrected chi connectivity index (χ1v) is 8.19. The highest BCUT2D eigenvalue weighted by Crippen LogP contribution is 2.36. The fraction of sp³-hybridized carbons (Fsp3) is 0.235. The van der Waals surface area contributed by atoms with Crippen molar-refractivity contribution in [3.63, 3.8) is 0 Å². The minimum Gasteiger partial charge on any atom is -0.370 e. The van der Waals surface area contributed by atoms with Crippen LogP contribution in [0.15, 0.2) is 29.3 Å². The van der Waals surface area contributed by atoms with E-state index in [4.69, 9.17) is 11.5 Å². The van der Waals surface area contributed by atoms with Gasteiger partial charge in [0.1, 0.15) is 0 Å². The summed E-state index contributed by atoms with van der Waals surface area (Å²) in [5, 5.41) is 1.04. The summed E-state index contributed by atoms with van der Waals surface area (Å²) in [4.78, 5) is 21.4. The number of carbonyl (C=O) groups is 1. The number of rotatable bonds is 2. The molecule has 6 heteroatoms. The van der Waals surface area contributed by atoms with Gasteiger partial charge < -0.3 is 11.5 Å². The number of nitrogens with zero attached hydrogens (tertiary/aromatic N) is 2. The van der Waals surface area contributed by atoms with Crippen molar-refractivity contribution >= 4 is 28.8 Å². The number of allylic oxidation sites excluding steroid dienone is 1. The molecule has 1 heterocycles. The van der Waals surface area contributed by atoms with E-state index in [1.54, 1.807) is 17.4 Å². The summed E-state index contributed by atoms with van der Waals surface area (Å²) in [5.41, 5.74) is 15.6. The van der Waals surface area contributed by atoms with Gasteiger partial charge >= 0.3 is 0 Å². The van der Waals surface area contributed by atoms with Gasteiger partial charge in [0.05, 0.1) is 15.6 Å². The average molecular weight is 326 g/mol. The van der Waals surface area contributed by atoms with Crippen molar-refractivity contribution in [2.75, 3.05) is 0 Å². The number of thiazole rings is 1. The van der Waals surface area contributed by atoms with E-state index in [-0.39, 0.29) is 5.96 Å². The lowest BCUT2D eigenvalue weighted by Gasteiger charge is -2.18. The summed E-state index contributed by atoms with van der Waals surface area (Å²) in [6, 6.07) is 5.64. The molecule has 2 aromatic rings. The van der Waals surface area contributed by atoms with Crippen LogP contribution < -0.4 is 11.5 Å². The fourth-order valence-corrected chi connectivity index (χ4v) is 3.81. The summed E-state index contributed by atoms with van der Waals surface area (Å²) in [5.74, 6) is -0.646. The second kappa shape index (κ2) is 5.96. The van der Waals surface area contributed by atoms with E-state index in [9.17, 15) is 4.79 Å². The standard InChI is InChI=1S/C17H18N4OS/c1-9-15(23-10(2)20-9)13-5-3-4-11-6-7-12(8-14(11)13)16(22)21-17(18)19/h5-8H,3-4H2,1-2H3,(H4,18,19,21,22). The average Bonchev–Trinajstić information content (AvgIpc) is 2.84. The number of hydrogen-bond donors (Lipinski definition) is 2. The lowest BCUT2D eigenvalue weighted by molar-refractivity contribution is 0.100. The van der Waals surface area contributed by atoms with Gasteiger partial charge in [0, 0.05) is 5.56 Å². The zero-order valence-corrected chi connectivity index (χ0v) is 13.9. The molecular formula is C17H18N4OS. The van der Waals surface area contributed by atoms with E-state index < -0.39 is 5.91 Å². The molecule has 1 aliphatic carbocycles. The van der Waals surface area contributed by atoms with Crippen molar-refractivity contribution in [2.24, 2.45) is 16.5 Å². The van der Waals surface area contributed by atoms with E-state index in [0.717, 1.165) is 39.6 Å². The van der Waals surface area contributed by atoms with Crippen LogP contribution in [-0.2, 0) is 6.42 Å². The minimum absolute atomic E-state index is 0.225. The number of benzene rings is 1.